The molecule has 0 radical (unpaired) electrons. The van der Waals surface area contributed by atoms with Crippen molar-refractivity contribution in [3.63, 3.8) is 0 Å². The van der Waals surface area contributed by atoms with E-state index in [1.807, 2.05) is 30.3 Å². The van der Waals surface area contributed by atoms with E-state index >= 15 is 0 Å². The summed E-state index contributed by atoms with van der Waals surface area (Å²) in [4.78, 5) is 41.3. The van der Waals surface area contributed by atoms with Crippen LogP contribution in [-0.4, -0.2) is 33.2 Å². The van der Waals surface area contributed by atoms with E-state index in [1.165, 1.54) is 6.20 Å². The zero-order valence-electron chi connectivity index (χ0n) is 16.4. The van der Waals surface area contributed by atoms with Gasteiger partial charge in [-0.25, -0.2) is 4.98 Å². The van der Waals surface area contributed by atoms with E-state index < -0.39 is 22.9 Å². The molecule has 0 saturated heterocycles. The molecule has 0 aliphatic rings. The van der Waals surface area contributed by atoms with Crippen molar-refractivity contribution in [3.05, 3.63) is 48.5 Å². The summed E-state index contributed by atoms with van der Waals surface area (Å²) in [6.07, 6.45) is 3.76. The summed E-state index contributed by atoms with van der Waals surface area (Å²) >= 11 is 0. The molecule has 0 amide bonds. The smallest absolute Gasteiger partial charge is 0.310 e. The van der Waals surface area contributed by atoms with Gasteiger partial charge in [0.05, 0.1) is 5.92 Å². The lowest BCUT2D eigenvalue weighted by Gasteiger charge is -2.30. The predicted molar refractivity (Wildman–Crippen MR) is 102 cm³/mol. The van der Waals surface area contributed by atoms with Gasteiger partial charge >= 0.3 is 5.97 Å². The molecule has 144 valence electrons. The van der Waals surface area contributed by atoms with Crippen LogP contribution in [0.3, 0.4) is 0 Å². The monoisotopic (exact) mass is 370 g/mol. The predicted octanol–water partition coefficient (Wildman–Crippen LogP) is 3.63. The third-order valence-corrected chi connectivity index (χ3v) is 4.21. The molecule has 0 saturated carbocycles. The van der Waals surface area contributed by atoms with E-state index in [-0.39, 0.29) is 18.0 Å². The average Bonchev–Trinajstić information content (AvgIpc) is 3.08. The maximum absolute atomic E-state index is 12.9. The standard InChI is InChI=1S/C21H26N2O4/c1-20(2,3)27-19(26)16(21(4,5)14-24)13-17(25)18-22-11-12-23(18)15-9-7-6-8-10-15/h6-12,14,16H,13H2,1-5H3/t16-/m0/s1. The Kier molecular flexibility index (Phi) is 5.98. The Morgan fingerprint density at radius 1 is 1.15 bits per heavy atom. The van der Waals surface area contributed by atoms with Crippen LogP contribution in [0.1, 0.15) is 51.7 Å². The van der Waals surface area contributed by atoms with Crippen LogP contribution in [0.25, 0.3) is 5.69 Å². The van der Waals surface area contributed by atoms with Crippen LogP contribution in [0.15, 0.2) is 42.7 Å². The number of imidazole rings is 1. The van der Waals surface area contributed by atoms with Gasteiger partial charge in [-0.3, -0.25) is 14.2 Å². The SMILES string of the molecule is CC(C)(C)OC(=O)[C@H](CC(=O)c1nccn1-c1ccccc1)C(C)(C)C=O. The highest BCUT2D eigenvalue weighted by atomic mass is 16.6. The molecule has 2 rings (SSSR count). The van der Waals surface area contributed by atoms with Crippen molar-refractivity contribution in [1.29, 1.82) is 0 Å². The van der Waals surface area contributed by atoms with Gasteiger partial charge in [0.2, 0.25) is 0 Å². The Labute approximate surface area is 159 Å². The fourth-order valence-corrected chi connectivity index (χ4v) is 2.69. The molecule has 1 aromatic carbocycles. The lowest BCUT2D eigenvalue weighted by molar-refractivity contribution is -0.165. The molecule has 0 aliphatic carbocycles. The fraction of sp³-hybridized carbons (Fsp3) is 0.429. The normalized spacial score (nSPS) is 13.1. The number of aldehydes is 1. The van der Waals surface area contributed by atoms with Gasteiger partial charge in [-0.05, 0) is 32.9 Å². The molecule has 1 heterocycles. The molecule has 6 heteroatoms. The van der Waals surface area contributed by atoms with Crippen LogP contribution >= 0.6 is 0 Å². The number of ether oxygens (including phenoxy) is 1. The Morgan fingerprint density at radius 3 is 2.33 bits per heavy atom. The molecular formula is C21H26N2O4. The largest absolute Gasteiger partial charge is 0.460 e. The third kappa shape index (κ3) is 5.12. The molecule has 0 N–H and O–H groups in total. The number of esters is 1. The minimum absolute atomic E-state index is 0.162. The average molecular weight is 370 g/mol. The summed E-state index contributed by atoms with van der Waals surface area (Å²) in [6, 6.07) is 9.33. The van der Waals surface area contributed by atoms with Crippen LogP contribution < -0.4 is 0 Å². The number of hydrogen-bond donors (Lipinski definition) is 0. The second kappa shape index (κ2) is 7.86. The second-order valence-corrected chi connectivity index (χ2v) is 8.11. The highest BCUT2D eigenvalue weighted by Gasteiger charge is 2.40. The molecular weight excluding hydrogens is 344 g/mol. The van der Waals surface area contributed by atoms with Crippen molar-refractivity contribution >= 4 is 18.0 Å². The zero-order chi connectivity index (χ0) is 20.2. The van der Waals surface area contributed by atoms with Gasteiger partial charge in [0.15, 0.2) is 11.6 Å². The summed E-state index contributed by atoms with van der Waals surface area (Å²) in [5.74, 6) is -1.57. The number of carbonyl (C=O) groups is 3. The van der Waals surface area contributed by atoms with E-state index in [0.717, 1.165) is 5.69 Å². The van der Waals surface area contributed by atoms with Crippen LogP contribution in [0.4, 0.5) is 0 Å². The highest BCUT2D eigenvalue weighted by Crippen LogP contribution is 2.31. The summed E-state index contributed by atoms with van der Waals surface area (Å²) in [7, 11) is 0. The molecule has 0 fully saturated rings. The van der Waals surface area contributed by atoms with Crippen molar-refractivity contribution in [2.75, 3.05) is 0 Å². The number of rotatable bonds is 7. The number of ketones is 1. The van der Waals surface area contributed by atoms with Gasteiger partial charge in [0.25, 0.3) is 0 Å². The van der Waals surface area contributed by atoms with Crippen LogP contribution in [-0.2, 0) is 14.3 Å². The molecule has 6 nitrogen and oxygen atoms in total. The first-order valence-electron chi connectivity index (χ1n) is 8.86. The van der Waals surface area contributed by atoms with Crippen molar-refractivity contribution in [1.82, 2.24) is 9.55 Å². The Balaban J connectivity index is 2.31. The summed E-state index contributed by atoms with van der Waals surface area (Å²) in [5.41, 5.74) is -0.955. The van der Waals surface area contributed by atoms with Gasteiger partial charge in [0.1, 0.15) is 11.9 Å². The number of aromatic nitrogens is 2. The maximum Gasteiger partial charge on any atom is 0.310 e. The first-order valence-corrected chi connectivity index (χ1v) is 8.86. The fourth-order valence-electron chi connectivity index (χ4n) is 2.69. The highest BCUT2D eigenvalue weighted by molar-refractivity contribution is 5.96. The van der Waals surface area contributed by atoms with Crippen LogP contribution in [0.2, 0.25) is 0 Å². The molecule has 0 unspecified atom stereocenters. The molecule has 0 spiro atoms. The van der Waals surface area contributed by atoms with E-state index in [4.69, 9.17) is 4.74 Å². The first kappa shape index (κ1) is 20.6. The summed E-state index contributed by atoms with van der Waals surface area (Å²) in [5, 5.41) is 0. The molecule has 0 bridgehead atoms. The van der Waals surface area contributed by atoms with Gasteiger partial charge in [0, 0.05) is 29.9 Å². The quantitative estimate of drug-likeness (QED) is 0.422. The number of nitrogens with zero attached hydrogens (tertiary/aromatic N) is 2. The lowest BCUT2D eigenvalue weighted by Crippen LogP contribution is -2.39. The summed E-state index contributed by atoms with van der Waals surface area (Å²) in [6.45, 7) is 8.51. The van der Waals surface area contributed by atoms with Crippen molar-refractivity contribution in [3.8, 4) is 5.69 Å². The summed E-state index contributed by atoms with van der Waals surface area (Å²) < 4.78 is 7.11. The minimum Gasteiger partial charge on any atom is -0.460 e. The van der Waals surface area contributed by atoms with Crippen molar-refractivity contribution < 1.29 is 19.1 Å². The topological polar surface area (TPSA) is 78.3 Å². The first-order chi connectivity index (χ1) is 12.5. The molecule has 27 heavy (non-hydrogen) atoms. The van der Waals surface area contributed by atoms with Gasteiger partial charge in [-0.2, -0.15) is 0 Å². The van der Waals surface area contributed by atoms with Crippen LogP contribution in [0, 0.1) is 11.3 Å². The van der Waals surface area contributed by atoms with Gasteiger partial charge in [-0.1, -0.05) is 32.0 Å². The number of Topliss-reactive ketones (excluding diaryl/α,β-unsaturated/α-hetero) is 1. The number of benzene rings is 1. The van der Waals surface area contributed by atoms with E-state index in [2.05, 4.69) is 4.98 Å². The number of hydrogen-bond acceptors (Lipinski definition) is 5. The van der Waals surface area contributed by atoms with Crippen molar-refractivity contribution in [2.24, 2.45) is 11.3 Å². The van der Waals surface area contributed by atoms with Gasteiger partial charge in [-0.15, -0.1) is 0 Å². The number of para-hydroxylation sites is 1. The zero-order valence-corrected chi connectivity index (χ0v) is 16.4. The molecule has 1 aromatic heterocycles. The van der Waals surface area contributed by atoms with Gasteiger partial charge < -0.3 is 9.53 Å². The minimum atomic E-state index is -1.04. The molecule has 2 aromatic rings. The number of carbonyl (C=O) groups excluding carboxylic acids is 3. The van der Waals surface area contributed by atoms with Crippen LogP contribution in [0.5, 0.6) is 0 Å². The third-order valence-electron chi connectivity index (χ3n) is 4.21. The molecule has 0 aliphatic heterocycles. The second-order valence-electron chi connectivity index (χ2n) is 8.11. The Morgan fingerprint density at radius 2 is 1.78 bits per heavy atom. The lowest BCUT2D eigenvalue weighted by atomic mass is 9.77. The Hall–Kier alpha value is -2.76. The maximum atomic E-state index is 12.9. The van der Waals surface area contributed by atoms with Crippen molar-refractivity contribution in [2.45, 2.75) is 46.6 Å². The van der Waals surface area contributed by atoms with E-state index in [9.17, 15) is 14.4 Å². The van der Waals surface area contributed by atoms with E-state index in [0.29, 0.717) is 6.29 Å². The van der Waals surface area contributed by atoms with E-state index in [1.54, 1.807) is 45.4 Å². The Bertz CT molecular complexity index is 816. The molecule has 1 atom stereocenters.